The van der Waals surface area contributed by atoms with Gasteiger partial charge in [-0.15, -0.1) is 6.20 Å². The summed E-state index contributed by atoms with van der Waals surface area (Å²) in [5.74, 6) is 0. The predicted octanol–water partition coefficient (Wildman–Crippen LogP) is 0.339. The molecular weight excluding hydrogens is 474 g/mol. The van der Waals surface area contributed by atoms with Crippen molar-refractivity contribution in [1.29, 1.82) is 0 Å². The summed E-state index contributed by atoms with van der Waals surface area (Å²) in [7, 11) is 0. The molecule has 0 saturated heterocycles. The van der Waals surface area contributed by atoms with Crippen molar-refractivity contribution >= 4 is 11.9 Å². The Morgan fingerprint density at radius 3 is 2.92 bits per heavy atom. The molecule has 6 heteroatoms. The van der Waals surface area contributed by atoms with E-state index in [0.29, 0.717) is 17.6 Å². The number of hydrogen-bond acceptors (Lipinski definition) is 3. The van der Waals surface area contributed by atoms with Crippen molar-refractivity contribution in [2.24, 2.45) is 0 Å². The second kappa shape index (κ2) is 5.50. The number of hydrogen-bond donors (Lipinski definition) is 0. The van der Waals surface area contributed by atoms with E-state index in [-0.39, 0.29) is 47.0 Å². The van der Waals surface area contributed by atoms with E-state index in [4.69, 9.17) is 0 Å². The number of aromatic nitrogens is 3. The molecule has 0 unspecified atom stereocenters. The van der Waals surface area contributed by atoms with E-state index < -0.39 is 0 Å². The van der Waals surface area contributed by atoms with Gasteiger partial charge >= 0.3 is 0 Å². The van der Waals surface area contributed by atoms with Crippen LogP contribution in [0.1, 0.15) is 10.5 Å². The van der Waals surface area contributed by atoms with Crippen molar-refractivity contribution in [1.82, 2.24) is 14.6 Å². The quantitative estimate of drug-likeness (QED) is 0.439. The zero-order valence-corrected chi connectivity index (χ0v) is 12.5. The Hall–Kier alpha value is -0.216. The third kappa shape index (κ3) is 2.61. The molecule has 0 atom stereocenters. The second-order valence-corrected chi connectivity index (χ2v) is 2.03. The van der Waals surface area contributed by atoms with Crippen LogP contribution in [-0.2, 0) is 32.7 Å². The van der Waals surface area contributed by atoms with Gasteiger partial charge in [0, 0.05) is 47.0 Å². The van der Waals surface area contributed by atoms with Gasteiger partial charge in [-0.3, -0.25) is 4.79 Å². The molecule has 0 aromatic carbocycles. The van der Waals surface area contributed by atoms with E-state index in [9.17, 15) is 4.79 Å². The topological polar surface area (TPSA) is 47.3 Å². The van der Waals surface area contributed by atoms with Crippen LogP contribution in [0.25, 0.3) is 5.65 Å². The van der Waals surface area contributed by atoms with Crippen molar-refractivity contribution in [3.8, 4) is 0 Å². The molecule has 0 aliphatic carbocycles. The number of carbonyl (C=O) groups is 1. The van der Waals surface area contributed by atoms with E-state index in [0.717, 1.165) is 0 Å². The Kier molecular flexibility index (Phi) is 5.41. The Balaban J connectivity index is 0.000000720. The van der Waals surface area contributed by atoms with Gasteiger partial charge in [-0.25, -0.2) is 0 Å². The first-order valence-corrected chi connectivity index (χ1v) is 3.08. The summed E-state index contributed by atoms with van der Waals surface area (Å²) >= 11 is 0. The third-order valence-electron chi connectivity index (χ3n) is 1.33. The van der Waals surface area contributed by atoms with Crippen LogP contribution in [0.2, 0.25) is 0 Å². The molecule has 2 heterocycles. The molecule has 0 fully saturated rings. The summed E-state index contributed by atoms with van der Waals surface area (Å²) < 4.78 is 1.43. The standard InChI is InChI=1S/C7H4N3O.Am.Y/c11-5-6-1-2-7-8-3-4-10(7)9-6;;/h1-3,5H;;/q-1;;. The van der Waals surface area contributed by atoms with Gasteiger partial charge in [-0.1, -0.05) is 12.3 Å². The summed E-state index contributed by atoms with van der Waals surface area (Å²) in [6.45, 7) is 0. The maximum absolute atomic E-state index is 10.3. The van der Waals surface area contributed by atoms with Crippen molar-refractivity contribution in [2.75, 3.05) is 0 Å². The van der Waals surface area contributed by atoms with E-state index in [1.165, 1.54) is 10.7 Å². The van der Waals surface area contributed by atoms with Crippen molar-refractivity contribution < 1.29 is 51.8 Å². The van der Waals surface area contributed by atoms with Crippen molar-refractivity contribution in [3.63, 3.8) is 0 Å². The normalized spacial score (nSPS) is 8.62. The van der Waals surface area contributed by atoms with Gasteiger partial charge in [0.15, 0.2) is 6.29 Å². The minimum absolute atomic E-state index is 0. The van der Waals surface area contributed by atoms with Gasteiger partial charge in [-0.2, -0.15) is 5.10 Å². The molecule has 13 heavy (non-hydrogen) atoms. The van der Waals surface area contributed by atoms with Gasteiger partial charge in [-0.05, 0) is 11.7 Å². The number of imidazole rings is 1. The molecule has 0 aliphatic rings. The molecule has 0 N–H and O–H groups in total. The van der Waals surface area contributed by atoms with Gasteiger partial charge in [0.25, 0.3) is 0 Å². The zero-order valence-electron chi connectivity index (χ0n) is 6.51. The minimum atomic E-state index is 0. The molecule has 0 bridgehead atoms. The fourth-order valence-electron chi connectivity index (χ4n) is 0.836. The number of nitrogens with zero attached hydrogens (tertiary/aromatic N) is 3. The van der Waals surface area contributed by atoms with Crippen LogP contribution in [0.4, 0.5) is 0 Å². The van der Waals surface area contributed by atoms with Gasteiger partial charge < -0.3 is 9.50 Å². The molecule has 2 aromatic rings. The van der Waals surface area contributed by atoms with Crippen molar-refractivity contribution in [3.05, 3.63) is 30.2 Å². The summed E-state index contributed by atoms with van der Waals surface area (Å²) in [5.41, 5.74) is 1.07. The third-order valence-corrected chi connectivity index (χ3v) is 1.33. The first kappa shape index (κ1) is 12.8. The molecule has 0 spiro atoms. The molecule has 2 aromatic heterocycles. The van der Waals surface area contributed by atoms with Crippen LogP contribution >= 0.6 is 0 Å². The minimum Gasteiger partial charge on any atom is -0.386 e. The maximum Gasteiger partial charge on any atom is 0.170 e. The van der Waals surface area contributed by atoms with Crippen LogP contribution in [0.15, 0.2) is 18.3 Å². The molecule has 0 amide bonds. The zero-order chi connectivity index (χ0) is 7.68. The van der Waals surface area contributed by atoms with E-state index in [2.05, 4.69) is 16.3 Å². The molecule has 4 nitrogen and oxygen atoms in total. The van der Waals surface area contributed by atoms with Gasteiger partial charge in [0.1, 0.15) is 5.69 Å². The molecular formula is C7H4AmN3OY-. The average molecular weight is 478 g/mol. The number of carbonyl (C=O) groups excluding carboxylic acids is 1. The molecule has 2 rings (SSSR count). The Labute approximate surface area is 108 Å². The SMILES string of the molecule is O=Cc1ccc2nc[c-]n2n1.[Am].[Y]. The molecule has 2 radical (unpaired) electrons. The van der Waals surface area contributed by atoms with Crippen LogP contribution in [0, 0.1) is 20.5 Å². The van der Waals surface area contributed by atoms with Crippen LogP contribution in [-0.4, -0.2) is 20.9 Å². The van der Waals surface area contributed by atoms with Gasteiger partial charge in [0.05, 0.1) is 0 Å². The molecule has 0 aliphatic heterocycles. The predicted molar refractivity (Wildman–Crippen MR) is 37.2 cm³/mol. The monoisotopic (exact) mass is 476 g/mol. The first-order valence-electron chi connectivity index (χ1n) is 3.08. The Bertz CT molecular complexity index is 403. The summed E-state index contributed by atoms with van der Waals surface area (Å²) in [4.78, 5) is 14.2. The maximum atomic E-state index is 10.3. The summed E-state index contributed by atoms with van der Waals surface area (Å²) in [5, 5.41) is 3.88. The van der Waals surface area contributed by atoms with E-state index in [1.807, 2.05) is 0 Å². The number of aldehydes is 1. The fourth-order valence-corrected chi connectivity index (χ4v) is 0.836. The van der Waals surface area contributed by atoms with Crippen LogP contribution in [0.5, 0.6) is 0 Å². The molecule has 0 saturated carbocycles. The largest absolute Gasteiger partial charge is 0.386 e. The van der Waals surface area contributed by atoms with Gasteiger partial charge in [0.2, 0.25) is 0 Å². The summed E-state index contributed by atoms with van der Waals surface area (Å²) in [6, 6.07) is 3.33. The summed E-state index contributed by atoms with van der Waals surface area (Å²) in [6.07, 6.45) is 4.93. The van der Waals surface area contributed by atoms with Crippen LogP contribution in [0.3, 0.4) is 0 Å². The molecule has 64 valence electrons. The number of rotatable bonds is 1. The smallest absolute Gasteiger partial charge is 0.170 e. The second-order valence-electron chi connectivity index (χ2n) is 2.03. The first-order chi connectivity index (χ1) is 5.40. The number of fused-ring (bicyclic) bond motifs is 1. The van der Waals surface area contributed by atoms with E-state index >= 15 is 0 Å². The fraction of sp³-hybridized carbons (Fsp3) is 0. The Morgan fingerprint density at radius 1 is 1.46 bits per heavy atom. The van der Waals surface area contributed by atoms with E-state index in [1.54, 1.807) is 12.1 Å². The Morgan fingerprint density at radius 2 is 2.23 bits per heavy atom. The van der Waals surface area contributed by atoms with Crippen LogP contribution < -0.4 is 0 Å². The van der Waals surface area contributed by atoms with Crippen molar-refractivity contribution in [2.45, 2.75) is 0 Å². The average Bonchev–Trinajstić information content (AvgIpc) is 2.50.